The van der Waals surface area contributed by atoms with Gasteiger partial charge in [-0.25, -0.2) is 0 Å². The van der Waals surface area contributed by atoms with Crippen LogP contribution in [0.3, 0.4) is 0 Å². The summed E-state index contributed by atoms with van der Waals surface area (Å²) in [7, 11) is 1.67. The van der Waals surface area contributed by atoms with E-state index in [-0.39, 0.29) is 5.91 Å². The van der Waals surface area contributed by atoms with Gasteiger partial charge in [0.1, 0.15) is 5.75 Å². The van der Waals surface area contributed by atoms with Gasteiger partial charge in [-0.05, 0) is 43.0 Å². The minimum atomic E-state index is 0.144. The van der Waals surface area contributed by atoms with E-state index in [0.29, 0.717) is 12.5 Å². The van der Waals surface area contributed by atoms with Crippen LogP contribution in [0.2, 0.25) is 0 Å². The molecule has 0 unspecified atom stereocenters. The molecule has 1 aliphatic carbocycles. The SMILES string of the molecule is CCN(CC(=O)NCC1CCCCC1)Cc1ccc(OC)cc1. The molecule has 0 aromatic heterocycles. The van der Waals surface area contributed by atoms with Crippen molar-refractivity contribution in [3.05, 3.63) is 29.8 Å². The maximum atomic E-state index is 12.2. The lowest BCUT2D eigenvalue weighted by molar-refractivity contribution is -0.122. The molecule has 1 saturated carbocycles. The smallest absolute Gasteiger partial charge is 0.234 e. The number of carbonyl (C=O) groups excluding carboxylic acids is 1. The van der Waals surface area contributed by atoms with Gasteiger partial charge < -0.3 is 10.1 Å². The number of benzene rings is 1. The van der Waals surface area contributed by atoms with Gasteiger partial charge in [0.25, 0.3) is 0 Å². The standard InChI is InChI=1S/C19H30N2O2/c1-3-21(14-17-9-11-18(23-2)12-10-17)15-19(22)20-13-16-7-5-4-6-8-16/h9-12,16H,3-8,13-15H2,1-2H3,(H,20,22). The molecule has 0 atom stereocenters. The lowest BCUT2D eigenvalue weighted by Crippen LogP contribution is -2.39. The van der Waals surface area contributed by atoms with Gasteiger partial charge in [-0.3, -0.25) is 9.69 Å². The molecule has 1 aromatic carbocycles. The van der Waals surface area contributed by atoms with Crippen LogP contribution < -0.4 is 10.1 Å². The molecule has 1 amide bonds. The fourth-order valence-corrected chi connectivity index (χ4v) is 3.18. The van der Waals surface area contributed by atoms with E-state index in [1.54, 1.807) is 7.11 Å². The lowest BCUT2D eigenvalue weighted by atomic mass is 9.89. The fourth-order valence-electron chi connectivity index (χ4n) is 3.18. The number of hydrogen-bond acceptors (Lipinski definition) is 3. The van der Waals surface area contributed by atoms with Crippen molar-refractivity contribution in [2.75, 3.05) is 26.7 Å². The van der Waals surface area contributed by atoms with E-state index < -0.39 is 0 Å². The van der Waals surface area contributed by atoms with Crippen LogP contribution in [-0.4, -0.2) is 37.6 Å². The van der Waals surface area contributed by atoms with Crippen molar-refractivity contribution in [3.63, 3.8) is 0 Å². The van der Waals surface area contributed by atoms with Crippen molar-refractivity contribution >= 4 is 5.91 Å². The Kier molecular flexibility index (Phi) is 7.40. The molecule has 4 nitrogen and oxygen atoms in total. The van der Waals surface area contributed by atoms with Crippen molar-refractivity contribution in [1.29, 1.82) is 0 Å². The molecule has 1 aromatic rings. The Bertz CT molecular complexity index is 467. The number of carbonyl (C=O) groups is 1. The van der Waals surface area contributed by atoms with Gasteiger partial charge in [-0.15, -0.1) is 0 Å². The summed E-state index contributed by atoms with van der Waals surface area (Å²) in [6, 6.07) is 8.04. The summed E-state index contributed by atoms with van der Waals surface area (Å²) >= 11 is 0. The third-order valence-electron chi connectivity index (χ3n) is 4.69. The molecule has 2 rings (SSSR count). The van der Waals surface area contributed by atoms with E-state index in [9.17, 15) is 4.79 Å². The van der Waals surface area contributed by atoms with Crippen molar-refractivity contribution in [2.45, 2.75) is 45.6 Å². The van der Waals surface area contributed by atoms with Gasteiger partial charge in [-0.2, -0.15) is 0 Å². The summed E-state index contributed by atoms with van der Waals surface area (Å²) in [6.45, 7) is 5.06. The van der Waals surface area contributed by atoms with Crippen LogP contribution >= 0.6 is 0 Å². The van der Waals surface area contributed by atoms with E-state index in [0.717, 1.165) is 25.4 Å². The van der Waals surface area contributed by atoms with Crippen molar-refractivity contribution in [1.82, 2.24) is 10.2 Å². The molecule has 1 N–H and O–H groups in total. The van der Waals surface area contributed by atoms with Crippen molar-refractivity contribution < 1.29 is 9.53 Å². The van der Waals surface area contributed by atoms with Gasteiger partial charge in [0, 0.05) is 13.1 Å². The monoisotopic (exact) mass is 318 g/mol. The lowest BCUT2D eigenvalue weighted by Gasteiger charge is -2.23. The first-order valence-electron chi connectivity index (χ1n) is 8.83. The minimum absolute atomic E-state index is 0.144. The van der Waals surface area contributed by atoms with E-state index in [4.69, 9.17) is 4.74 Å². The molecule has 1 aliphatic rings. The average molecular weight is 318 g/mol. The van der Waals surface area contributed by atoms with Crippen LogP contribution in [0.4, 0.5) is 0 Å². The van der Waals surface area contributed by atoms with Crippen molar-refractivity contribution in [3.8, 4) is 5.75 Å². The number of methoxy groups -OCH3 is 1. The van der Waals surface area contributed by atoms with Crippen LogP contribution in [-0.2, 0) is 11.3 Å². The predicted molar refractivity (Wildman–Crippen MR) is 93.5 cm³/mol. The zero-order valence-corrected chi connectivity index (χ0v) is 14.5. The normalized spacial score (nSPS) is 15.6. The van der Waals surface area contributed by atoms with Gasteiger partial charge >= 0.3 is 0 Å². The van der Waals surface area contributed by atoms with Gasteiger partial charge in [0.15, 0.2) is 0 Å². The third kappa shape index (κ3) is 6.22. The molecule has 4 heteroatoms. The molecule has 0 heterocycles. The predicted octanol–water partition coefficient (Wildman–Crippen LogP) is 3.21. The van der Waals surface area contributed by atoms with E-state index in [1.165, 1.54) is 37.7 Å². The van der Waals surface area contributed by atoms with Crippen LogP contribution in [0.1, 0.15) is 44.6 Å². The summed E-state index contributed by atoms with van der Waals surface area (Å²) < 4.78 is 5.18. The Hall–Kier alpha value is -1.55. The zero-order chi connectivity index (χ0) is 16.5. The molecule has 23 heavy (non-hydrogen) atoms. The first-order valence-corrected chi connectivity index (χ1v) is 8.83. The number of nitrogens with one attached hydrogen (secondary N) is 1. The van der Waals surface area contributed by atoms with Crippen LogP contribution in [0.5, 0.6) is 5.75 Å². The number of ether oxygens (including phenoxy) is 1. The summed E-state index contributed by atoms with van der Waals surface area (Å²) in [5.74, 6) is 1.69. The molecule has 0 aliphatic heterocycles. The van der Waals surface area contributed by atoms with Crippen LogP contribution in [0.15, 0.2) is 24.3 Å². The summed E-state index contributed by atoms with van der Waals surface area (Å²) in [5.41, 5.74) is 1.20. The highest BCUT2D eigenvalue weighted by Gasteiger charge is 2.15. The molecule has 0 saturated heterocycles. The number of hydrogen-bond donors (Lipinski definition) is 1. The van der Waals surface area contributed by atoms with Gasteiger partial charge in [0.05, 0.1) is 13.7 Å². The first-order chi connectivity index (χ1) is 11.2. The van der Waals surface area contributed by atoms with Crippen LogP contribution in [0.25, 0.3) is 0 Å². The van der Waals surface area contributed by atoms with E-state index in [1.807, 2.05) is 12.1 Å². The minimum Gasteiger partial charge on any atom is -0.497 e. The Morgan fingerprint density at radius 2 is 1.91 bits per heavy atom. The third-order valence-corrected chi connectivity index (χ3v) is 4.69. The number of rotatable bonds is 8. The Balaban J connectivity index is 1.74. The molecule has 0 spiro atoms. The molecule has 128 valence electrons. The Labute approximate surface area is 140 Å². The molecular weight excluding hydrogens is 288 g/mol. The average Bonchev–Trinajstić information content (AvgIpc) is 2.61. The summed E-state index contributed by atoms with van der Waals surface area (Å²) in [6.07, 6.45) is 6.53. The second-order valence-electron chi connectivity index (χ2n) is 6.46. The zero-order valence-electron chi connectivity index (χ0n) is 14.5. The van der Waals surface area contributed by atoms with Gasteiger partial charge in [0.2, 0.25) is 5.91 Å². The highest BCUT2D eigenvalue weighted by atomic mass is 16.5. The van der Waals surface area contributed by atoms with Gasteiger partial charge in [-0.1, -0.05) is 38.3 Å². The molecule has 1 fully saturated rings. The highest BCUT2D eigenvalue weighted by molar-refractivity contribution is 5.78. The van der Waals surface area contributed by atoms with E-state index in [2.05, 4.69) is 29.3 Å². The maximum absolute atomic E-state index is 12.2. The fraction of sp³-hybridized carbons (Fsp3) is 0.632. The van der Waals surface area contributed by atoms with Crippen molar-refractivity contribution in [2.24, 2.45) is 5.92 Å². The molecule has 0 radical (unpaired) electrons. The summed E-state index contributed by atoms with van der Waals surface area (Å²) in [4.78, 5) is 14.3. The first kappa shape index (κ1) is 17.8. The number of nitrogens with zero attached hydrogens (tertiary/aromatic N) is 1. The van der Waals surface area contributed by atoms with E-state index >= 15 is 0 Å². The largest absolute Gasteiger partial charge is 0.497 e. The Morgan fingerprint density at radius 1 is 1.22 bits per heavy atom. The van der Waals surface area contributed by atoms with Crippen LogP contribution in [0, 0.1) is 5.92 Å². The number of likely N-dealkylation sites (N-methyl/N-ethyl adjacent to an activating group) is 1. The molecule has 0 bridgehead atoms. The highest BCUT2D eigenvalue weighted by Crippen LogP contribution is 2.22. The number of amides is 1. The molecular formula is C19H30N2O2. The Morgan fingerprint density at radius 3 is 2.52 bits per heavy atom. The second kappa shape index (κ2) is 9.56. The summed E-state index contributed by atoms with van der Waals surface area (Å²) in [5, 5.41) is 3.12. The topological polar surface area (TPSA) is 41.6 Å². The maximum Gasteiger partial charge on any atom is 0.234 e. The quantitative estimate of drug-likeness (QED) is 0.800. The second-order valence-corrected chi connectivity index (χ2v) is 6.46.